The van der Waals surface area contributed by atoms with Crippen molar-refractivity contribution in [1.82, 2.24) is 0 Å². The zero-order valence-electron chi connectivity index (χ0n) is 10.3. The Balaban J connectivity index is 3.18. The van der Waals surface area contributed by atoms with Crippen LogP contribution in [-0.4, -0.2) is 29.3 Å². The van der Waals surface area contributed by atoms with E-state index in [9.17, 15) is 4.79 Å². The molecule has 0 unspecified atom stereocenters. The van der Waals surface area contributed by atoms with Gasteiger partial charge in [-0.2, -0.15) is 0 Å². The summed E-state index contributed by atoms with van der Waals surface area (Å²) in [7, 11) is 0. The van der Waals surface area contributed by atoms with Crippen LogP contribution in [0.1, 0.15) is 46.5 Å². The SMILES string of the molecule is C=C(C)C(=O)[O][InH][CH2]CCCCC(C)C. The number of hydrogen-bond acceptors (Lipinski definition) is 2. The molecule has 0 bridgehead atoms. The molecule has 0 atom stereocenters. The van der Waals surface area contributed by atoms with Gasteiger partial charge < -0.3 is 0 Å². The van der Waals surface area contributed by atoms with Gasteiger partial charge in [-0.15, -0.1) is 0 Å². The van der Waals surface area contributed by atoms with Crippen molar-refractivity contribution in [3.05, 3.63) is 12.2 Å². The van der Waals surface area contributed by atoms with E-state index in [-0.39, 0.29) is 5.97 Å². The summed E-state index contributed by atoms with van der Waals surface area (Å²) in [6.45, 7) is 9.78. The third-order valence-corrected chi connectivity index (χ3v) is 5.84. The minimum atomic E-state index is -1.24. The molecule has 2 nitrogen and oxygen atoms in total. The van der Waals surface area contributed by atoms with Crippen LogP contribution in [0.2, 0.25) is 4.18 Å². The van der Waals surface area contributed by atoms with Gasteiger partial charge in [0, 0.05) is 0 Å². The van der Waals surface area contributed by atoms with E-state index in [4.69, 9.17) is 2.85 Å². The molecule has 0 spiro atoms. The molecule has 0 aliphatic rings. The molecule has 0 fully saturated rings. The Bertz CT molecular complexity index is 200. The fourth-order valence-electron chi connectivity index (χ4n) is 1.30. The summed E-state index contributed by atoms with van der Waals surface area (Å²) >= 11 is -1.24. The van der Waals surface area contributed by atoms with Crippen molar-refractivity contribution >= 4 is 29.3 Å². The second-order valence-electron chi connectivity index (χ2n) is 4.51. The number of unbranched alkanes of at least 4 members (excludes halogenated alkanes) is 2. The van der Waals surface area contributed by atoms with Crippen LogP contribution >= 0.6 is 0 Å². The molecule has 0 N–H and O–H groups in total. The second-order valence-corrected chi connectivity index (χ2v) is 8.52. The summed E-state index contributed by atoms with van der Waals surface area (Å²) in [4.78, 5) is 11.1. The van der Waals surface area contributed by atoms with Gasteiger partial charge in [-0.25, -0.2) is 0 Å². The first kappa shape index (κ1) is 15.1. The van der Waals surface area contributed by atoms with E-state index in [0.29, 0.717) is 5.57 Å². The zero-order chi connectivity index (χ0) is 11.7. The van der Waals surface area contributed by atoms with Crippen molar-refractivity contribution in [1.29, 1.82) is 0 Å². The molecule has 86 valence electrons. The van der Waals surface area contributed by atoms with Crippen LogP contribution in [0.15, 0.2) is 12.2 Å². The van der Waals surface area contributed by atoms with Gasteiger partial charge in [0.2, 0.25) is 0 Å². The summed E-state index contributed by atoms with van der Waals surface area (Å²) in [5.74, 6) is 0.641. The van der Waals surface area contributed by atoms with Crippen LogP contribution < -0.4 is 0 Å². The first-order chi connectivity index (χ1) is 7.04. The number of rotatable bonds is 8. The first-order valence-electron chi connectivity index (χ1n) is 5.86. The molecule has 0 saturated carbocycles. The molecule has 0 aliphatic heterocycles. The van der Waals surface area contributed by atoms with Crippen LogP contribution in [-0.2, 0) is 7.65 Å². The summed E-state index contributed by atoms with van der Waals surface area (Å²) in [5, 5.41) is 0. The predicted molar refractivity (Wildman–Crippen MR) is 66.2 cm³/mol. The Labute approximate surface area is 105 Å². The van der Waals surface area contributed by atoms with Crippen LogP contribution in [0.4, 0.5) is 0 Å². The van der Waals surface area contributed by atoms with E-state index in [1.807, 2.05) is 0 Å². The molecule has 0 aromatic carbocycles. The molecule has 15 heavy (non-hydrogen) atoms. The number of carbonyl (C=O) groups excluding carboxylic acids is 1. The van der Waals surface area contributed by atoms with Crippen molar-refractivity contribution in [3.8, 4) is 0 Å². The van der Waals surface area contributed by atoms with Crippen molar-refractivity contribution in [3.63, 3.8) is 0 Å². The molecule has 0 rings (SSSR count). The molecule has 0 saturated heterocycles. The molecule has 0 aromatic rings. The van der Waals surface area contributed by atoms with Crippen molar-refractivity contribution in [2.75, 3.05) is 0 Å². The summed E-state index contributed by atoms with van der Waals surface area (Å²) in [6, 6.07) is 0. The van der Waals surface area contributed by atoms with Crippen molar-refractivity contribution in [2.45, 2.75) is 50.6 Å². The molecule has 0 aliphatic carbocycles. The number of hydrogen-bond donors (Lipinski definition) is 0. The Kier molecular flexibility index (Phi) is 9.37. The van der Waals surface area contributed by atoms with Gasteiger partial charge in [0.25, 0.3) is 0 Å². The topological polar surface area (TPSA) is 26.3 Å². The summed E-state index contributed by atoms with van der Waals surface area (Å²) in [6.07, 6.45) is 5.17. The number of carbonyl (C=O) groups is 1. The van der Waals surface area contributed by atoms with E-state index in [2.05, 4.69) is 20.4 Å². The molecule has 3 heteroatoms. The van der Waals surface area contributed by atoms with E-state index >= 15 is 0 Å². The third kappa shape index (κ3) is 10.4. The fourth-order valence-corrected chi connectivity index (χ4v) is 4.53. The molecular formula is C12H23InO2. The van der Waals surface area contributed by atoms with Crippen LogP contribution in [0, 0.1) is 5.92 Å². The normalized spacial score (nSPS) is 10.1. The van der Waals surface area contributed by atoms with Crippen LogP contribution in [0.25, 0.3) is 0 Å². The molecule has 0 aromatic heterocycles. The monoisotopic (exact) mass is 314 g/mol. The Morgan fingerprint density at radius 3 is 2.53 bits per heavy atom. The second kappa shape index (κ2) is 9.32. The minimum absolute atomic E-state index is 0.173. The van der Waals surface area contributed by atoms with Gasteiger partial charge in [-0.05, 0) is 0 Å². The van der Waals surface area contributed by atoms with Crippen molar-refractivity contribution < 1.29 is 7.65 Å². The van der Waals surface area contributed by atoms with E-state index in [1.165, 1.54) is 29.9 Å². The average Bonchev–Trinajstić information content (AvgIpc) is 2.15. The molecule has 0 heterocycles. The van der Waals surface area contributed by atoms with Gasteiger partial charge in [0.1, 0.15) is 0 Å². The van der Waals surface area contributed by atoms with E-state index in [1.54, 1.807) is 6.92 Å². The molecular weight excluding hydrogens is 291 g/mol. The van der Waals surface area contributed by atoms with Gasteiger partial charge in [0.05, 0.1) is 0 Å². The van der Waals surface area contributed by atoms with E-state index in [0.717, 1.165) is 5.92 Å². The van der Waals surface area contributed by atoms with Crippen molar-refractivity contribution in [2.24, 2.45) is 5.92 Å². The average molecular weight is 314 g/mol. The predicted octanol–water partition coefficient (Wildman–Crippen LogP) is 3.09. The van der Waals surface area contributed by atoms with Gasteiger partial charge in [-0.1, -0.05) is 0 Å². The van der Waals surface area contributed by atoms with Crippen LogP contribution in [0.3, 0.4) is 0 Å². The third-order valence-electron chi connectivity index (χ3n) is 2.26. The Hall–Kier alpha value is 0.0801. The van der Waals surface area contributed by atoms with Gasteiger partial charge in [0.15, 0.2) is 0 Å². The molecule has 0 amide bonds. The Morgan fingerprint density at radius 2 is 2.00 bits per heavy atom. The quantitative estimate of drug-likeness (QED) is 0.508. The van der Waals surface area contributed by atoms with Crippen LogP contribution in [0.5, 0.6) is 0 Å². The van der Waals surface area contributed by atoms with Gasteiger partial charge in [-0.3, -0.25) is 0 Å². The first-order valence-corrected chi connectivity index (χ1v) is 10.4. The van der Waals surface area contributed by atoms with E-state index < -0.39 is 23.3 Å². The summed E-state index contributed by atoms with van der Waals surface area (Å²) in [5.41, 5.74) is 0.534. The fraction of sp³-hybridized carbons (Fsp3) is 0.750. The summed E-state index contributed by atoms with van der Waals surface area (Å²) < 4.78 is 6.38. The zero-order valence-corrected chi connectivity index (χ0v) is 14.4. The standard InChI is InChI=1S/C8H17.C4H6O2.In.H/c1-4-5-6-7-8(2)3;1-3(2)4(5)6;;/h8H,1,4-7H2,2-3H3;1H2,2H3,(H,5,6);;/q;;+1;/p-1. The molecule has 0 radical (unpaired) electrons. The Morgan fingerprint density at radius 1 is 1.33 bits per heavy atom. The maximum atomic E-state index is 11.1. The van der Waals surface area contributed by atoms with Gasteiger partial charge >= 0.3 is 106 Å². The maximum absolute atomic E-state index is 11.1.